The fraction of sp³-hybridized carbons (Fsp3) is 0.136. The molecule has 0 saturated carbocycles. The standard InChI is InChI=1S/C22H21N3O2/c1-15-7-10-17(11-8-15)13-24-22(27)19-5-3-4-6-20(19)25-21(26)18-12-9-16(2)23-14-18/h3-12,14H,13H2,1-2H3,(H,24,27)(H,25,26). The molecular formula is C22H21N3O2. The first-order valence-corrected chi connectivity index (χ1v) is 8.70. The topological polar surface area (TPSA) is 71.1 Å². The third-order valence-electron chi connectivity index (χ3n) is 4.17. The Morgan fingerprint density at radius 1 is 0.889 bits per heavy atom. The minimum Gasteiger partial charge on any atom is -0.348 e. The summed E-state index contributed by atoms with van der Waals surface area (Å²) in [5, 5.41) is 5.69. The van der Waals surface area contributed by atoms with Crippen LogP contribution in [0.15, 0.2) is 66.9 Å². The van der Waals surface area contributed by atoms with Gasteiger partial charge in [-0.25, -0.2) is 0 Å². The number of nitrogens with one attached hydrogen (secondary N) is 2. The zero-order valence-electron chi connectivity index (χ0n) is 15.3. The molecule has 0 saturated heterocycles. The van der Waals surface area contributed by atoms with Gasteiger partial charge in [-0.2, -0.15) is 0 Å². The van der Waals surface area contributed by atoms with Crippen LogP contribution in [0.3, 0.4) is 0 Å². The number of para-hydroxylation sites is 1. The zero-order valence-corrected chi connectivity index (χ0v) is 15.3. The van der Waals surface area contributed by atoms with E-state index < -0.39 is 0 Å². The predicted octanol–water partition coefficient (Wildman–Crippen LogP) is 3.88. The van der Waals surface area contributed by atoms with Gasteiger partial charge in [-0.3, -0.25) is 14.6 Å². The van der Waals surface area contributed by atoms with Gasteiger partial charge in [0, 0.05) is 18.4 Å². The SMILES string of the molecule is Cc1ccc(CNC(=O)c2ccccc2NC(=O)c2ccc(C)nc2)cc1. The maximum absolute atomic E-state index is 12.6. The van der Waals surface area contributed by atoms with Crippen molar-refractivity contribution in [2.45, 2.75) is 20.4 Å². The average molecular weight is 359 g/mol. The van der Waals surface area contributed by atoms with Gasteiger partial charge in [0.25, 0.3) is 11.8 Å². The van der Waals surface area contributed by atoms with E-state index in [1.54, 1.807) is 36.4 Å². The Morgan fingerprint density at radius 2 is 1.63 bits per heavy atom. The molecule has 3 aromatic rings. The van der Waals surface area contributed by atoms with E-state index in [0.717, 1.165) is 11.3 Å². The van der Waals surface area contributed by atoms with Gasteiger partial charge in [-0.1, -0.05) is 42.0 Å². The first-order chi connectivity index (χ1) is 13.0. The van der Waals surface area contributed by atoms with Crippen molar-refractivity contribution in [1.82, 2.24) is 10.3 Å². The summed E-state index contributed by atoms with van der Waals surface area (Å²) in [7, 11) is 0. The lowest BCUT2D eigenvalue weighted by Crippen LogP contribution is -2.25. The number of nitrogens with zero attached hydrogens (tertiary/aromatic N) is 1. The summed E-state index contributed by atoms with van der Waals surface area (Å²) >= 11 is 0. The van der Waals surface area contributed by atoms with E-state index in [1.165, 1.54) is 11.8 Å². The van der Waals surface area contributed by atoms with Gasteiger partial charge >= 0.3 is 0 Å². The maximum atomic E-state index is 12.6. The molecule has 0 radical (unpaired) electrons. The largest absolute Gasteiger partial charge is 0.348 e. The van der Waals surface area contributed by atoms with Crippen molar-refractivity contribution < 1.29 is 9.59 Å². The molecule has 3 rings (SSSR count). The lowest BCUT2D eigenvalue weighted by atomic mass is 10.1. The highest BCUT2D eigenvalue weighted by Crippen LogP contribution is 2.16. The van der Waals surface area contributed by atoms with Crippen LogP contribution in [0.5, 0.6) is 0 Å². The van der Waals surface area contributed by atoms with E-state index in [2.05, 4.69) is 15.6 Å². The van der Waals surface area contributed by atoms with Gasteiger partial charge in [0.1, 0.15) is 0 Å². The number of aromatic nitrogens is 1. The maximum Gasteiger partial charge on any atom is 0.257 e. The predicted molar refractivity (Wildman–Crippen MR) is 106 cm³/mol. The first kappa shape index (κ1) is 18.3. The Hall–Kier alpha value is -3.47. The third kappa shape index (κ3) is 4.79. The van der Waals surface area contributed by atoms with Gasteiger partial charge in [-0.15, -0.1) is 0 Å². The number of pyridine rings is 1. The molecule has 2 N–H and O–H groups in total. The molecule has 0 aliphatic carbocycles. The van der Waals surface area contributed by atoms with Crippen molar-refractivity contribution in [3.63, 3.8) is 0 Å². The molecule has 0 bridgehead atoms. The Balaban J connectivity index is 1.70. The minimum atomic E-state index is -0.304. The van der Waals surface area contributed by atoms with Gasteiger partial charge in [-0.05, 0) is 43.7 Å². The van der Waals surface area contributed by atoms with Gasteiger partial charge in [0.05, 0.1) is 16.8 Å². The molecule has 2 aromatic carbocycles. The smallest absolute Gasteiger partial charge is 0.257 e. The molecule has 136 valence electrons. The van der Waals surface area contributed by atoms with Crippen molar-refractivity contribution in [2.24, 2.45) is 0 Å². The minimum absolute atomic E-state index is 0.242. The summed E-state index contributed by atoms with van der Waals surface area (Å²) in [6.07, 6.45) is 1.52. The molecule has 0 spiro atoms. The fourth-order valence-electron chi connectivity index (χ4n) is 2.57. The Labute approximate surface area is 158 Å². The molecule has 5 nitrogen and oxygen atoms in total. The van der Waals surface area contributed by atoms with E-state index in [4.69, 9.17) is 0 Å². The lowest BCUT2D eigenvalue weighted by Gasteiger charge is -2.12. The van der Waals surface area contributed by atoms with E-state index in [-0.39, 0.29) is 11.8 Å². The van der Waals surface area contributed by atoms with E-state index in [0.29, 0.717) is 23.4 Å². The van der Waals surface area contributed by atoms with E-state index in [1.807, 2.05) is 38.1 Å². The van der Waals surface area contributed by atoms with E-state index in [9.17, 15) is 9.59 Å². The second-order valence-electron chi connectivity index (χ2n) is 6.36. The highest BCUT2D eigenvalue weighted by molar-refractivity contribution is 6.08. The van der Waals surface area contributed by atoms with Crippen molar-refractivity contribution >= 4 is 17.5 Å². The highest BCUT2D eigenvalue weighted by atomic mass is 16.2. The number of hydrogen-bond donors (Lipinski definition) is 2. The van der Waals surface area contributed by atoms with Crippen molar-refractivity contribution in [1.29, 1.82) is 0 Å². The van der Waals surface area contributed by atoms with E-state index >= 15 is 0 Å². The second-order valence-corrected chi connectivity index (χ2v) is 6.36. The van der Waals surface area contributed by atoms with Crippen molar-refractivity contribution in [3.05, 3.63) is 94.8 Å². The van der Waals surface area contributed by atoms with Crippen molar-refractivity contribution in [2.75, 3.05) is 5.32 Å². The number of aryl methyl sites for hydroxylation is 2. The van der Waals surface area contributed by atoms with Gasteiger partial charge in [0.15, 0.2) is 0 Å². The highest BCUT2D eigenvalue weighted by Gasteiger charge is 2.14. The monoisotopic (exact) mass is 359 g/mol. The molecular weight excluding hydrogens is 338 g/mol. The van der Waals surface area contributed by atoms with Crippen LogP contribution in [0.2, 0.25) is 0 Å². The van der Waals surface area contributed by atoms with Gasteiger partial charge < -0.3 is 10.6 Å². The summed E-state index contributed by atoms with van der Waals surface area (Å²) in [4.78, 5) is 29.2. The number of benzene rings is 2. The lowest BCUT2D eigenvalue weighted by molar-refractivity contribution is 0.0952. The number of carbonyl (C=O) groups is 2. The Bertz CT molecular complexity index is 948. The van der Waals surface area contributed by atoms with Crippen LogP contribution in [0.25, 0.3) is 0 Å². The molecule has 5 heteroatoms. The number of amides is 2. The number of carbonyl (C=O) groups excluding carboxylic acids is 2. The number of hydrogen-bond acceptors (Lipinski definition) is 3. The van der Waals surface area contributed by atoms with Crippen LogP contribution in [0.1, 0.15) is 37.5 Å². The van der Waals surface area contributed by atoms with Crippen molar-refractivity contribution in [3.8, 4) is 0 Å². The van der Waals surface area contributed by atoms with Crippen LogP contribution in [-0.4, -0.2) is 16.8 Å². The summed E-state index contributed by atoms with van der Waals surface area (Å²) in [5.41, 5.74) is 4.34. The molecule has 0 aliphatic rings. The van der Waals surface area contributed by atoms with Crippen LogP contribution >= 0.6 is 0 Å². The molecule has 2 amide bonds. The fourth-order valence-corrected chi connectivity index (χ4v) is 2.57. The zero-order chi connectivity index (χ0) is 19.2. The third-order valence-corrected chi connectivity index (χ3v) is 4.17. The molecule has 0 aliphatic heterocycles. The molecule has 27 heavy (non-hydrogen) atoms. The van der Waals surface area contributed by atoms with Crippen LogP contribution < -0.4 is 10.6 Å². The summed E-state index contributed by atoms with van der Waals surface area (Å²) < 4.78 is 0. The Morgan fingerprint density at radius 3 is 2.33 bits per heavy atom. The summed E-state index contributed by atoms with van der Waals surface area (Å²) in [6.45, 7) is 4.30. The quantitative estimate of drug-likeness (QED) is 0.726. The summed E-state index contributed by atoms with van der Waals surface area (Å²) in [6, 6.07) is 18.4. The molecule has 1 aromatic heterocycles. The summed E-state index contributed by atoms with van der Waals surface area (Å²) in [5.74, 6) is -0.546. The van der Waals surface area contributed by atoms with Crippen LogP contribution in [0, 0.1) is 13.8 Å². The van der Waals surface area contributed by atoms with Crippen LogP contribution in [-0.2, 0) is 6.54 Å². The number of anilines is 1. The first-order valence-electron chi connectivity index (χ1n) is 8.70. The second kappa shape index (κ2) is 8.27. The molecule has 1 heterocycles. The van der Waals surface area contributed by atoms with Gasteiger partial charge in [0.2, 0.25) is 0 Å². The van der Waals surface area contributed by atoms with Crippen LogP contribution in [0.4, 0.5) is 5.69 Å². The molecule has 0 atom stereocenters. The average Bonchev–Trinajstić information content (AvgIpc) is 2.68. The molecule has 0 unspecified atom stereocenters. The molecule has 0 fully saturated rings. The number of rotatable bonds is 5. The Kier molecular flexibility index (Phi) is 5.61. The normalized spacial score (nSPS) is 10.3.